The first-order valence-electron chi connectivity index (χ1n) is 12.4. The second-order valence-corrected chi connectivity index (χ2v) is 9.35. The molecule has 0 radical (unpaired) electrons. The van der Waals surface area contributed by atoms with E-state index in [9.17, 15) is 4.79 Å². The molecule has 0 unspecified atom stereocenters. The number of likely N-dealkylation sites (tertiary alicyclic amines) is 2. The summed E-state index contributed by atoms with van der Waals surface area (Å²) < 4.78 is 11.5. The van der Waals surface area contributed by atoms with Gasteiger partial charge in [-0.05, 0) is 82.4 Å². The van der Waals surface area contributed by atoms with Crippen LogP contribution in [0.25, 0.3) is 0 Å². The third-order valence-electron chi connectivity index (χ3n) is 7.11. The molecule has 0 saturated carbocycles. The van der Waals surface area contributed by atoms with Gasteiger partial charge in [-0.3, -0.25) is 19.6 Å². The van der Waals surface area contributed by atoms with Gasteiger partial charge in [-0.1, -0.05) is 24.3 Å². The van der Waals surface area contributed by atoms with E-state index in [0.717, 1.165) is 64.2 Å². The Bertz CT molecular complexity index is 855. The molecule has 2 fully saturated rings. The Balaban J connectivity index is 1.34. The number of carbonyl (C=O) groups is 1. The number of hydrogen-bond acceptors (Lipinski definition) is 6. The van der Waals surface area contributed by atoms with Crippen LogP contribution in [0.4, 0.5) is 0 Å². The Morgan fingerprint density at radius 2 is 1.94 bits per heavy atom. The average molecular weight is 452 g/mol. The second-order valence-electron chi connectivity index (χ2n) is 9.35. The van der Waals surface area contributed by atoms with Gasteiger partial charge in [0.25, 0.3) is 0 Å². The van der Waals surface area contributed by atoms with Crippen LogP contribution in [-0.2, 0) is 16.1 Å². The van der Waals surface area contributed by atoms with Crippen molar-refractivity contribution in [2.75, 3.05) is 39.4 Å². The van der Waals surface area contributed by atoms with E-state index >= 15 is 0 Å². The van der Waals surface area contributed by atoms with Crippen LogP contribution in [0.1, 0.15) is 44.6 Å². The fourth-order valence-electron chi connectivity index (χ4n) is 5.31. The van der Waals surface area contributed by atoms with Crippen LogP contribution in [0, 0.1) is 5.41 Å². The Morgan fingerprint density at radius 1 is 1.12 bits per heavy atom. The maximum atomic E-state index is 13.1. The smallest absolute Gasteiger partial charge is 0.313 e. The van der Waals surface area contributed by atoms with Gasteiger partial charge >= 0.3 is 5.97 Å². The fourth-order valence-corrected chi connectivity index (χ4v) is 5.31. The molecule has 2 aliphatic heterocycles. The predicted octanol–water partition coefficient (Wildman–Crippen LogP) is 4.16. The van der Waals surface area contributed by atoms with Crippen LogP contribution in [0.15, 0.2) is 54.9 Å². The summed E-state index contributed by atoms with van der Waals surface area (Å²) >= 11 is 0. The molecule has 178 valence electrons. The van der Waals surface area contributed by atoms with Crippen molar-refractivity contribution in [3.63, 3.8) is 0 Å². The lowest BCUT2D eigenvalue weighted by Crippen LogP contribution is -2.54. The standard InChI is InChI=1S/C27H37N3O3/c1-2-32-26(31)27(14-19-33-25-9-4-3-5-10-25)13-7-16-30(22-27)24-11-17-29(18-12-24)21-23-8-6-15-28-20-23/h3-6,8-10,15,20,24H,2,7,11-14,16-19,21-22H2,1H3/t27-/m1/s1. The number of pyridine rings is 1. The molecule has 6 nitrogen and oxygen atoms in total. The Labute approximate surface area is 197 Å². The summed E-state index contributed by atoms with van der Waals surface area (Å²) in [6.45, 7) is 7.81. The summed E-state index contributed by atoms with van der Waals surface area (Å²) in [5.74, 6) is 0.797. The number of benzene rings is 1. The number of piperidine rings is 2. The van der Waals surface area contributed by atoms with Gasteiger partial charge in [0.2, 0.25) is 0 Å². The lowest BCUT2D eigenvalue weighted by molar-refractivity contribution is -0.161. The molecule has 33 heavy (non-hydrogen) atoms. The third-order valence-corrected chi connectivity index (χ3v) is 7.11. The minimum Gasteiger partial charge on any atom is -0.494 e. The van der Waals surface area contributed by atoms with Gasteiger partial charge in [-0.2, -0.15) is 0 Å². The first kappa shape index (κ1) is 23.7. The molecule has 2 saturated heterocycles. The van der Waals surface area contributed by atoms with E-state index in [2.05, 4.69) is 20.9 Å². The molecule has 6 heteroatoms. The fraction of sp³-hybridized carbons (Fsp3) is 0.556. The Morgan fingerprint density at radius 3 is 2.67 bits per heavy atom. The quantitative estimate of drug-likeness (QED) is 0.534. The summed E-state index contributed by atoms with van der Waals surface area (Å²) in [7, 11) is 0. The zero-order valence-electron chi connectivity index (χ0n) is 19.8. The van der Waals surface area contributed by atoms with Crippen molar-refractivity contribution in [3.8, 4) is 5.75 Å². The number of esters is 1. The molecule has 0 aliphatic carbocycles. The summed E-state index contributed by atoms with van der Waals surface area (Å²) in [6, 6.07) is 14.5. The highest BCUT2D eigenvalue weighted by Gasteiger charge is 2.45. The normalized spacial score (nSPS) is 22.7. The monoisotopic (exact) mass is 451 g/mol. The molecule has 0 spiro atoms. The van der Waals surface area contributed by atoms with Gasteiger partial charge in [0.15, 0.2) is 0 Å². The minimum atomic E-state index is -0.476. The van der Waals surface area contributed by atoms with Crippen LogP contribution in [0.3, 0.4) is 0 Å². The average Bonchev–Trinajstić information content (AvgIpc) is 2.86. The topological polar surface area (TPSA) is 54.9 Å². The van der Waals surface area contributed by atoms with Crippen LogP contribution in [0.2, 0.25) is 0 Å². The Hall–Kier alpha value is -2.44. The van der Waals surface area contributed by atoms with Gasteiger partial charge in [0.1, 0.15) is 5.75 Å². The van der Waals surface area contributed by atoms with E-state index in [1.54, 1.807) is 0 Å². The summed E-state index contributed by atoms with van der Waals surface area (Å²) in [4.78, 5) is 22.4. The van der Waals surface area contributed by atoms with Crippen LogP contribution >= 0.6 is 0 Å². The van der Waals surface area contributed by atoms with Gasteiger partial charge < -0.3 is 9.47 Å². The van der Waals surface area contributed by atoms with Crippen LogP contribution in [0.5, 0.6) is 5.75 Å². The van der Waals surface area contributed by atoms with E-state index in [1.165, 1.54) is 5.56 Å². The SMILES string of the molecule is CCOC(=O)[C@@]1(CCOc2ccccc2)CCCN(C2CCN(Cc3cccnc3)CC2)C1. The van der Waals surface area contributed by atoms with Crippen LogP contribution < -0.4 is 4.74 Å². The second kappa shape index (κ2) is 11.6. The highest BCUT2D eigenvalue weighted by Crippen LogP contribution is 2.37. The maximum absolute atomic E-state index is 13.1. The number of ether oxygens (including phenoxy) is 2. The maximum Gasteiger partial charge on any atom is 0.313 e. The molecule has 1 aromatic heterocycles. The van der Waals surface area contributed by atoms with Crippen molar-refractivity contribution < 1.29 is 14.3 Å². The molecular weight excluding hydrogens is 414 g/mol. The van der Waals surface area contributed by atoms with Crippen molar-refractivity contribution in [2.45, 2.75) is 51.6 Å². The van der Waals surface area contributed by atoms with Gasteiger partial charge in [-0.15, -0.1) is 0 Å². The lowest BCUT2D eigenvalue weighted by Gasteiger charge is -2.46. The number of hydrogen-bond donors (Lipinski definition) is 0. The minimum absolute atomic E-state index is 0.0552. The van der Waals surface area contributed by atoms with Crippen molar-refractivity contribution in [1.82, 2.24) is 14.8 Å². The third kappa shape index (κ3) is 6.33. The molecule has 1 aromatic carbocycles. The molecule has 1 atom stereocenters. The van der Waals surface area contributed by atoms with E-state index in [4.69, 9.17) is 9.47 Å². The van der Waals surface area contributed by atoms with E-state index in [1.807, 2.05) is 55.7 Å². The van der Waals surface area contributed by atoms with Crippen molar-refractivity contribution in [2.24, 2.45) is 5.41 Å². The first-order chi connectivity index (χ1) is 16.2. The van der Waals surface area contributed by atoms with E-state index < -0.39 is 5.41 Å². The number of nitrogens with zero attached hydrogens (tertiary/aromatic N) is 3. The molecule has 0 N–H and O–H groups in total. The highest BCUT2D eigenvalue weighted by atomic mass is 16.5. The van der Waals surface area contributed by atoms with Gasteiger partial charge in [0, 0.05) is 31.5 Å². The highest BCUT2D eigenvalue weighted by molar-refractivity contribution is 5.77. The van der Waals surface area contributed by atoms with E-state index in [-0.39, 0.29) is 5.97 Å². The first-order valence-corrected chi connectivity index (χ1v) is 12.4. The predicted molar refractivity (Wildman–Crippen MR) is 129 cm³/mol. The number of carbonyl (C=O) groups excluding carboxylic acids is 1. The number of aromatic nitrogens is 1. The van der Waals surface area contributed by atoms with Crippen molar-refractivity contribution in [3.05, 3.63) is 60.4 Å². The van der Waals surface area contributed by atoms with E-state index in [0.29, 0.717) is 25.7 Å². The summed E-state index contributed by atoms with van der Waals surface area (Å²) in [5.41, 5.74) is 0.796. The zero-order chi connectivity index (χ0) is 22.9. The molecule has 3 heterocycles. The van der Waals surface area contributed by atoms with Crippen molar-refractivity contribution >= 4 is 5.97 Å². The lowest BCUT2D eigenvalue weighted by atomic mass is 9.76. The molecule has 2 aromatic rings. The molecular formula is C27H37N3O3. The number of para-hydroxylation sites is 1. The number of rotatable bonds is 9. The summed E-state index contributed by atoms with van der Waals surface area (Å²) in [5, 5.41) is 0. The Kier molecular flexibility index (Phi) is 8.35. The largest absolute Gasteiger partial charge is 0.494 e. The van der Waals surface area contributed by atoms with Gasteiger partial charge in [-0.25, -0.2) is 0 Å². The molecule has 2 aliphatic rings. The molecule has 0 bridgehead atoms. The van der Waals surface area contributed by atoms with Crippen LogP contribution in [-0.4, -0.2) is 66.2 Å². The molecule has 4 rings (SSSR count). The summed E-state index contributed by atoms with van der Waals surface area (Å²) in [6.07, 6.45) is 8.66. The molecule has 0 amide bonds. The zero-order valence-corrected chi connectivity index (χ0v) is 19.8. The van der Waals surface area contributed by atoms with Gasteiger partial charge in [0.05, 0.1) is 18.6 Å². The van der Waals surface area contributed by atoms with Crippen molar-refractivity contribution in [1.29, 1.82) is 0 Å².